The van der Waals surface area contributed by atoms with Crippen LogP contribution in [0.3, 0.4) is 0 Å². The minimum absolute atomic E-state index is 0.645. The van der Waals surface area contributed by atoms with Crippen LogP contribution in [-0.4, -0.2) is 31.7 Å². The molecule has 3 aromatic heterocycles. The fourth-order valence-corrected chi connectivity index (χ4v) is 3.07. The van der Waals surface area contributed by atoms with Gasteiger partial charge in [0.2, 0.25) is 0 Å². The van der Waals surface area contributed by atoms with Gasteiger partial charge >= 0.3 is 0 Å². The van der Waals surface area contributed by atoms with Crippen molar-refractivity contribution in [1.82, 2.24) is 25.1 Å². The average Bonchev–Trinajstić information content (AvgIpc) is 3.34. The van der Waals surface area contributed by atoms with E-state index < -0.39 is 0 Å². The molecule has 5 aromatic rings. The first-order valence-electron chi connectivity index (χ1n) is 8.71. The van der Waals surface area contributed by atoms with Crippen LogP contribution in [0.1, 0.15) is 5.82 Å². The van der Waals surface area contributed by atoms with Crippen molar-refractivity contribution in [3.05, 3.63) is 66.7 Å². The van der Waals surface area contributed by atoms with Crippen molar-refractivity contribution in [2.24, 2.45) is 0 Å². The molecule has 0 atom stereocenters. The van der Waals surface area contributed by atoms with Gasteiger partial charge in [-0.1, -0.05) is 42.5 Å². The van der Waals surface area contributed by atoms with E-state index in [9.17, 15) is 0 Å². The average molecular weight is 356 g/mol. The molecule has 0 spiro atoms. The highest BCUT2D eigenvalue weighted by molar-refractivity contribution is 6.05. The fourth-order valence-electron chi connectivity index (χ4n) is 3.07. The highest BCUT2D eigenvalue weighted by Crippen LogP contribution is 2.30. The molecule has 2 N–H and O–H groups in total. The molecular formula is C20H16N6O. The second kappa shape index (κ2) is 6.53. The zero-order valence-corrected chi connectivity index (χ0v) is 14.4. The maximum absolute atomic E-state index is 5.92. The number of para-hydroxylation sites is 1. The number of hydrogen-bond acceptors (Lipinski definition) is 6. The maximum Gasteiger partial charge on any atom is 0.196 e. The Bertz CT molecular complexity index is 1210. The van der Waals surface area contributed by atoms with Crippen molar-refractivity contribution in [1.29, 1.82) is 0 Å². The predicted octanol–water partition coefficient (Wildman–Crippen LogP) is 3.82. The molecule has 0 radical (unpaired) electrons. The third-order valence-electron chi connectivity index (χ3n) is 4.38. The van der Waals surface area contributed by atoms with Crippen molar-refractivity contribution in [2.75, 3.05) is 11.9 Å². The van der Waals surface area contributed by atoms with E-state index in [0.717, 1.165) is 27.9 Å². The number of rotatable bonds is 5. The highest BCUT2D eigenvalue weighted by atomic mass is 16.3. The van der Waals surface area contributed by atoms with Crippen LogP contribution < -0.4 is 5.32 Å². The first kappa shape index (κ1) is 15.5. The zero-order chi connectivity index (χ0) is 18.1. The molecule has 5 rings (SSSR count). The smallest absolute Gasteiger partial charge is 0.196 e. The topological polar surface area (TPSA) is 92.5 Å². The molecule has 7 nitrogen and oxygen atoms in total. The summed E-state index contributed by atoms with van der Waals surface area (Å²) in [6, 6.07) is 17.7. The second-order valence-electron chi connectivity index (χ2n) is 6.15. The lowest BCUT2D eigenvalue weighted by atomic mass is 10.2. The highest BCUT2D eigenvalue weighted by Gasteiger charge is 2.12. The van der Waals surface area contributed by atoms with E-state index in [2.05, 4.69) is 30.5 Å². The molecule has 0 aliphatic rings. The number of nitrogens with zero attached hydrogens (tertiary/aromatic N) is 4. The summed E-state index contributed by atoms with van der Waals surface area (Å²) >= 11 is 0. The van der Waals surface area contributed by atoms with Gasteiger partial charge in [-0.05, 0) is 12.1 Å². The fraction of sp³-hybridized carbons (Fsp3) is 0.100. The molecule has 27 heavy (non-hydrogen) atoms. The number of nitrogens with one attached hydrogen (secondary N) is 2. The van der Waals surface area contributed by atoms with Gasteiger partial charge in [0.05, 0.1) is 0 Å². The van der Waals surface area contributed by atoms with Crippen LogP contribution in [0.2, 0.25) is 0 Å². The Hall–Kier alpha value is -3.74. The second-order valence-corrected chi connectivity index (χ2v) is 6.15. The standard InChI is InChI=1S/C20H16N6O/c1-2-6-13(7-3-1)19-24-16(25-26-19)10-11-21-20-18-17(22-12-23-20)14-8-4-5-9-15(14)27-18/h1-9,12H,10-11H2,(H,21,22,23)(H,24,25,26). The molecule has 0 saturated heterocycles. The third kappa shape index (κ3) is 2.89. The molecule has 2 aromatic carbocycles. The summed E-state index contributed by atoms with van der Waals surface area (Å²) in [7, 11) is 0. The number of aromatic amines is 1. The van der Waals surface area contributed by atoms with E-state index >= 15 is 0 Å². The van der Waals surface area contributed by atoms with Crippen LogP contribution in [0, 0.1) is 0 Å². The van der Waals surface area contributed by atoms with Gasteiger partial charge in [0.15, 0.2) is 17.2 Å². The lowest BCUT2D eigenvalue weighted by molar-refractivity contribution is 0.666. The number of aromatic nitrogens is 5. The predicted molar refractivity (Wildman–Crippen MR) is 103 cm³/mol. The van der Waals surface area contributed by atoms with Gasteiger partial charge in [-0.15, -0.1) is 0 Å². The number of fused-ring (bicyclic) bond motifs is 3. The Morgan fingerprint density at radius 2 is 1.81 bits per heavy atom. The molecule has 0 aliphatic heterocycles. The Kier molecular flexibility index (Phi) is 3.75. The lowest BCUT2D eigenvalue weighted by Crippen LogP contribution is -2.07. The number of hydrogen-bond donors (Lipinski definition) is 2. The summed E-state index contributed by atoms with van der Waals surface area (Å²) in [5.74, 6) is 2.20. The molecule has 0 fully saturated rings. The molecule has 0 amide bonds. The van der Waals surface area contributed by atoms with Gasteiger partial charge in [0.1, 0.15) is 23.3 Å². The normalized spacial score (nSPS) is 11.3. The molecule has 7 heteroatoms. The van der Waals surface area contributed by atoms with Crippen molar-refractivity contribution in [3.63, 3.8) is 0 Å². The number of anilines is 1. The van der Waals surface area contributed by atoms with E-state index in [1.807, 2.05) is 54.6 Å². The summed E-state index contributed by atoms with van der Waals surface area (Å²) in [6.45, 7) is 0.645. The van der Waals surface area contributed by atoms with Crippen LogP contribution in [0.4, 0.5) is 5.82 Å². The van der Waals surface area contributed by atoms with Crippen LogP contribution in [0.5, 0.6) is 0 Å². The quantitative estimate of drug-likeness (QED) is 0.497. The Morgan fingerprint density at radius 3 is 2.74 bits per heavy atom. The Morgan fingerprint density at radius 1 is 0.963 bits per heavy atom. The van der Waals surface area contributed by atoms with Gasteiger partial charge < -0.3 is 9.73 Å². The Balaban J connectivity index is 1.33. The zero-order valence-electron chi connectivity index (χ0n) is 14.4. The molecule has 132 valence electrons. The van der Waals surface area contributed by atoms with E-state index in [1.165, 1.54) is 0 Å². The van der Waals surface area contributed by atoms with E-state index in [0.29, 0.717) is 30.2 Å². The van der Waals surface area contributed by atoms with Crippen LogP contribution in [0.25, 0.3) is 33.5 Å². The molecule has 0 saturated carbocycles. The van der Waals surface area contributed by atoms with Crippen LogP contribution in [0.15, 0.2) is 65.3 Å². The SMILES string of the molecule is c1ccc(-c2n[nH]c(CCNc3ncnc4c3oc3ccccc34)n2)cc1. The number of benzene rings is 2. The Labute approximate surface area is 154 Å². The molecule has 3 heterocycles. The van der Waals surface area contributed by atoms with Crippen LogP contribution >= 0.6 is 0 Å². The van der Waals surface area contributed by atoms with Crippen molar-refractivity contribution in [2.45, 2.75) is 6.42 Å². The van der Waals surface area contributed by atoms with Crippen LogP contribution in [-0.2, 0) is 6.42 Å². The maximum atomic E-state index is 5.92. The van der Waals surface area contributed by atoms with E-state index in [-0.39, 0.29) is 0 Å². The monoisotopic (exact) mass is 356 g/mol. The van der Waals surface area contributed by atoms with Gasteiger partial charge in [-0.25, -0.2) is 15.0 Å². The van der Waals surface area contributed by atoms with E-state index in [4.69, 9.17) is 4.42 Å². The first-order valence-corrected chi connectivity index (χ1v) is 8.71. The van der Waals surface area contributed by atoms with E-state index in [1.54, 1.807) is 6.33 Å². The van der Waals surface area contributed by atoms with Crippen molar-refractivity contribution >= 4 is 27.9 Å². The largest absolute Gasteiger partial charge is 0.450 e. The molecule has 0 unspecified atom stereocenters. The minimum Gasteiger partial charge on any atom is -0.450 e. The summed E-state index contributed by atoms with van der Waals surface area (Å²) < 4.78 is 5.92. The molecular weight excluding hydrogens is 340 g/mol. The summed E-state index contributed by atoms with van der Waals surface area (Å²) in [4.78, 5) is 13.2. The lowest BCUT2D eigenvalue weighted by Gasteiger charge is -2.03. The van der Waals surface area contributed by atoms with Gasteiger partial charge in [0.25, 0.3) is 0 Å². The number of furan rings is 1. The van der Waals surface area contributed by atoms with Gasteiger partial charge in [-0.3, -0.25) is 5.10 Å². The van der Waals surface area contributed by atoms with Gasteiger partial charge in [-0.2, -0.15) is 5.10 Å². The third-order valence-corrected chi connectivity index (χ3v) is 4.38. The molecule has 0 bridgehead atoms. The first-order chi connectivity index (χ1) is 13.4. The number of H-pyrrole nitrogens is 1. The minimum atomic E-state index is 0.645. The molecule has 0 aliphatic carbocycles. The van der Waals surface area contributed by atoms with Gasteiger partial charge in [0, 0.05) is 23.9 Å². The summed E-state index contributed by atoms with van der Waals surface area (Å²) in [5.41, 5.74) is 3.28. The summed E-state index contributed by atoms with van der Waals surface area (Å²) in [6.07, 6.45) is 2.24. The summed E-state index contributed by atoms with van der Waals surface area (Å²) in [5, 5.41) is 11.6. The van der Waals surface area contributed by atoms with Crippen molar-refractivity contribution in [3.8, 4) is 11.4 Å². The van der Waals surface area contributed by atoms with Crippen molar-refractivity contribution < 1.29 is 4.42 Å².